The average Bonchev–Trinajstić information content (AvgIpc) is 2.45. The highest BCUT2D eigenvalue weighted by atomic mass is 32.2. The summed E-state index contributed by atoms with van der Waals surface area (Å²) in [4.78, 5) is 8.10. The summed E-state index contributed by atoms with van der Waals surface area (Å²) in [6.45, 7) is 1.77. The second kappa shape index (κ2) is 6.75. The van der Waals surface area contributed by atoms with Gasteiger partial charge in [0, 0.05) is 6.20 Å². The van der Waals surface area contributed by atoms with Gasteiger partial charge in [-0.3, -0.25) is 0 Å². The number of hydrogen-bond donors (Lipinski definition) is 2. The smallest absolute Gasteiger partial charge is 0.216 e. The number of aliphatic hydroxyl groups excluding tert-OH is 1. The molecule has 1 aromatic heterocycles. The van der Waals surface area contributed by atoms with Crippen molar-refractivity contribution in [3.63, 3.8) is 0 Å². The van der Waals surface area contributed by atoms with Gasteiger partial charge in [-0.1, -0.05) is 24.3 Å². The van der Waals surface area contributed by atoms with Crippen LogP contribution in [0.25, 0.3) is 0 Å². The Bertz CT molecular complexity index is 717. The van der Waals surface area contributed by atoms with Crippen LogP contribution in [0.4, 0.5) is 0 Å². The Balaban J connectivity index is 2.01. The van der Waals surface area contributed by atoms with Crippen molar-refractivity contribution < 1.29 is 13.5 Å². The van der Waals surface area contributed by atoms with E-state index >= 15 is 0 Å². The standard InChI is InChI=1S/C14H17N3O3S/c1-11-15-6-5-14(17-11)8-16-21(19,20)10-13-4-2-3-12(7-13)9-18/h2-7,16,18H,8-10H2,1H3. The molecule has 7 heteroatoms. The van der Waals surface area contributed by atoms with Gasteiger partial charge in [-0.05, 0) is 24.1 Å². The number of rotatable bonds is 6. The molecule has 21 heavy (non-hydrogen) atoms. The fourth-order valence-corrected chi connectivity index (χ4v) is 2.96. The number of hydrogen-bond acceptors (Lipinski definition) is 5. The molecule has 0 saturated heterocycles. The molecule has 1 heterocycles. The van der Waals surface area contributed by atoms with Crippen LogP contribution >= 0.6 is 0 Å². The number of nitrogens with one attached hydrogen (secondary N) is 1. The quantitative estimate of drug-likeness (QED) is 0.827. The Morgan fingerprint density at radius 1 is 1.24 bits per heavy atom. The molecule has 2 N–H and O–H groups in total. The van der Waals surface area contributed by atoms with E-state index in [1.807, 2.05) is 0 Å². The van der Waals surface area contributed by atoms with E-state index in [9.17, 15) is 8.42 Å². The maximum atomic E-state index is 12.0. The Morgan fingerprint density at radius 3 is 2.71 bits per heavy atom. The van der Waals surface area contributed by atoms with Gasteiger partial charge in [-0.2, -0.15) is 0 Å². The normalized spacial score (nSPS) is 11.5. The molecule has 0 radical (unpaired) electrons. The van der Waals surface area contributed by atoms with E-state index in [0.717, 1.165) is 0 Å². The van der Waals surface area contributed by atoms with Crippen LogP contribution in [0.1, 0.15) is 22.6 Å². The second-order valence-corrected chi connectivity index (χ2v) is 6.46. The Hall–Kier alpha value is -1.83. The summed E-state index contributed by atoms with van der Waals surface area (Å²) in [7, 11) is -3.46. The van der Waals surface area contributed by atoms with Gasteiger partial charge in [0.1, 0.15) is 5.82 Å². The minimum atomic E-state index is -3.46. The predicted octanol–water partition coefficient (Wildman–Crippen LogP) is 0.897. The van der Waals surface area contributed by atoms with E-state index < -0.39 is 10.0 Å². The summed E-state index contributed by atoms with van der Waals surface area (Å²) in [5.74, 6) is 0.465. The number of sulfonamides is 1. The highest BCUT2D eigenvalue weighted by molar-refractivity contribution is 7.88. The molecular weight excluding hydrogens is 290 g/mol. The first-order valence-corrected chi connectivity index (χ1v) is 8.08. The Kier molecular flexibility index (Phi) is 5.00. The molecule has 2 rings (SSSR count). The van der Waals surface area contributed by atoms with E-state index in [4.69, 9.17) is 5.11 Å². The van der Waals surface area contributed by atoms with Crippen LogP contribution in [0.15, 0.2) is 36.5 Å². The van der Waals surface area contributed by atoms with Crippen LogP contribution in [0, 0.1) is 6.92 Å². The molecule has 6 nitrogen and oxygen atoms in total. The van der Waals surface area contributed by atoms with Crippen molar-refractivity contribution in [2.24, 2.45) is 0 Å². The lowest BCUT2D eigenvalue weighted by atomic mass is 10.1. The second-order valence-electron chi connectivity index (χ2n) is 4.65. The maximum absolute atomic E-state index is 12.0. The van der Waals surface area contributed by atoms with Crippen molar-refractivity contribution >= 4 is 10.0 Å². The summed E-state index contributed by atoms with van der Waals surface area (Å²) in [5.41, 5.74) is 1.94. The van der Waals surface area contributed by atoms with Crippen molar-refractivity contribution in [3.05, 3.63) is 59.2 Å². The van der Waals surface area contributed by atoms with Crippen LogP contribution in [-0.2, 0) is 28.9 Å². The third-order valence-electron chi connectivity index (χ3n) is 2.84. The molecule has 2 aromatic rings. The fraction of sp³-hybridized carbons (Fsp3) is 0.286. The summed E-state index contributed by atoms with van der Waals surface area (Å²) < 4.78 is 26.6. The number of nitrogens with zero attached hydrogens (tertiary/aromatic N) is 2. The minimum Gasteiger partial charge on any atom is -0.392 e. The molecule has 0 unspecified atom stereocenters. The van der Waals surface area contributed by atoms with Gasteiger partial charge in [-0.15, -0.1) is 0 Å². The highest BCUT2D eigenvalue weighted by Crippen LogP contribution is 2.09. The summed E-state index contributed by atoms with van der Waals surface area (Å²) in [6.07, 6.45) is 1.59. The zero-order valence-electron chi connectivity index (χ0n) is 11.7. The molecule has 0 bridgehead atoms. The lowest BCUT2D eigenvalue weighted by molar-refractivity contribution is 0.282. The monoisotopic (exact) mass is 307 g/mol. The predicted molar refractivity (Wildman–Crippen MR) is 78.6 cm³/mol. The van der Waals surface area contributed by atoms with Crippen LogP contribution in [0.3, 0.4) is 0 Å². The molecule has 0 aliphatic rings. The molecule has 112 valence electrons. The first-order chi connectivity index (χ1) is 9.98. The number of aromatic nitrogens is 2. The van der Waals surface area contributed by atoms with Crippen molar-refractivity contribution in [1.29, 1.82) is 0 Å². The van der Waals surface area contributed by atoms with E-state index in [2.05, 4.69) is 14.7 Å². The molecule has 0 fully saturated rings. The molecule has 0 amide bonds. The first kappa shape index (κ1) is 15.6. The first-order valence-electron chi connectivity index (χ1n) is 6.43. The SMILES string of the molecule is Cc1nccc(CNS(=O)(=O)Cc2cccc(CO)c2)n1. The van der Waals surface area contributed by atoms with Gasteiger partial charge in [0.2, 0.25) is 10.0 Å². The molecule has 0 aliphatic carbocycles. The van der Waals surface area contributed by atoms with Crippen molar-refractivity contribution in [2.45, 2.75) is 25.8 Å². The van der Waals surface area contributed by atoms with E-state index in [1.54, 1.807) is 43.5 Å². The lowest BCUT2D eigenvalue weighted by Crippen LogP contribution is -2.25. The summed E-state index contributed by atoms with van der Waals surface area (Å²) in [6, 6.07) is 8.53. The van der Waals surface area contributed by atoms with Crippen LogP contribution in [0.5, 0.6) is 0 Å². The molecule has 0 aliphatic heterocycles. The third kappa shape index (κ3) is 4.89. The van der Waals surface area contributed by atoms with Gasteiger partial charge in [0.05, 0.1) is 24.6 Å². The van der Waals surface area contributed by atoms with E-state index in [1.165, 1.54) is 0 Å². The Labute approximate surface area is 123 Å². The van der Waals surface area contributed by atoms with Gasteiger partial charge < -0.3 is 5.11 Å². The van der Waals surface area contributed by atoms with Gasteiger partial charge >= 0.3 is 0 Å². The van der Waals surface area contributed by atoms with Crippen LogP contribution < -0.4 is 4.72 Å². The molecular formula is C14H17N3O3S. The van der Waals surface area contributed by atoms with Gasteiger partial charge in [0.25, 0.3) is 0 Å². The molecule has 1 aromatic carbocycles. The maximum Gasteiger partial charge on any atom is 0.216 e. The summed E-state index contributed by atoms with van der Waals surface area (Å²) in [5, 5.41) is 9.06. The minimum absolute atomic E-state index is 0.110. The van der Waals surface area contributed by atoms with E-state index in [0.29, 0.717) is 22.6 Å². The zero-order chi connectivity index (χ0) is 15.3. The third-order valence-corrected chi connectivity index (χ3v) is 4.14. The molecule has 0 saturated carbocycles. The molecule has 0 atom stereocenters. The molecule has 0 spiro atoms. The fourth-order valence-electron chi connectivity index (χ4n) is 1.88. The zero-order valence-corrected chi connectivity index (χ0v) is 12.5. The largest absolute Gasteiger partial charge is 0.392 e. The van der Waals surface area contributed by atoms with Crippen molar-refractivity contribution in [2.75, 3.05) is 0 Å². The van der Waals surface area contributed by atoms with E-state index in [-0.39, 0.29) is 18.9 Å². The van der Waals surface area contributed by atoms with Gasteiger partial charge in [0.15, 0.2) is 0 Å². The topological polar surface area (TPSA) is 92.2 Å². The lowest BCUT2D eigenvalue weighted by Gasteiger charge is -2.07. The number of aryl methyl sites for hydroxylation is 1. The van der Waals surface area contributed by atoms with Gasteiger partial charge in [-0.25, -0.2) is 23.1 Å². The van der Waals surface area contributed by atoms with Crippen LogP contribution in [0.2, 0.25) is 0 Å². The number of benzene rings is 1. The average molecular weight is 307 g/mol. The highest BCUT2D eigenvalue weighted by Gasteiger charge is 2.12. The van der Waals surface area contributed by atoms with Crippen molar-refractivity contribution in [1.82, 2.24) is 14.7 Å². The van der Waals surface area contributed by atoms with Crippen LogP contribution in [-0.4, -0.2) is 23.5 Å². The Morgan fingerprint density at radius 2 is 2.00 bits per heavy atom. The summed E-state index contributed by atoms with van der Waals surface area (Å²) >= 11 is 0. The van der Waals surface area contributed by atoms with Crippen molar-refractivity contribution in [3.8, 4) is 0 Å². The number of aliphatic hydroxyl groups is 1.